The van der Waals surface area contributed by atoms with Crippen LogP contribution >= 0.6 is 24.0 Å². The maximum absolute atomic E-state index is 12.1. The van der Waals surface area contributed by atoms with E-state index in [1.165, 1.54) is 0 Å². The number of piperidine rings is 1. The third-order valence-corrected chi connectivity index (χ3v) is 4.57. The normalized spacial score (nSPS) is 14.3. The van der Waals surface area contributed by atoms with Crippen LogP contribution in [0.4, 0.5) is 0 Å². The van der Waals surface area contributed by atoms with Gasteiger partial charge in [0.1, 0.15) is 0 Å². The molecule has 1 aliphatic rings. The van der Waals surface area contributed by atoms with Gasteiger partial charge in [-0.15, -0.1) is 17.5 Å². The van der Waals surface area contributed by atoms with E-state index in [4.69, 9.17) is 11.6 Å². The molecule has 2 heterocycles. The van der Waals surface area contributed by atoms with Gasteiger partial charge in [0.25, 0.3) is 11.8 Å². The van der Waals surface area contributed by atoms with E-state index in [-0.39, 0.29) is 49.0 Å². The van der Waals surface area contributed by atoms with Gasteiger partial charge in [-0.25, -0.2) is 4.68 Å². The van der Waals surface area contributed by atoms with Crippen LogP contribution < -0.4 is 16.0 Å². The summed E-state index contributed by atoms with van der Waals surface area (Å²) >= 11 is 5.98. The molecule has 1 aliphatic heterocycles. The summed E-state index contributed by atoms with van der Waals surface area (Å²) < 4.78 is 1.76. The number of benzene rings is 1. The first-order valence-corrected chi connectivity index (χ1v) is 8.96. The van der Waals surface area contributed by atoms with Crippen LogP contribution in [0.15, 0.2) is 30.5 Å². The third-order valence-electron chi connectivity index (χ3n) is 4.24. The molecular formula is C17H22Cl2N6O2. The number of halogens is 2. The Morgan fingerprint density at radius 1 is 1.15 bits per heavy atom. The third kappa shape index (κ3) is 5.66. The van der Waals surface area contributed by atoms with Gasteiger partial charge >= 0.3 is 0 Å². The maximum Gasteiger partial charge on any atom is 0.273 e. The van der Waals surface area contributed by atoms with Gasteiger partial charge < -0.3 is 16.0 Å². The minimum atomic E-state index is -0.308. The lowest BCUT2D eigenvalue weighted by Gasteiger charge is -2.22. The molecule has 1 aromatic carbocycles. The second-order valence-corrected chi connectivity index (χ2v) is 6.46. The summed E-state index contributed by atoms with van der Waals surface area (Å²) in [4.78, 5) is 24.2. The van der Waals surface area contributed by atoms with Crippen LogP contribution in [-0.2, 0) is 0 Å². The Morgan fingerprint density at radius 3 is 2.52 bits per heavy atom. The monoisotopic (exact) mass is 412 g/mol. The van der Waals surface area contributed by atoms with Crippen LogP contribution in [-0.4, -0.2) is 53.0 Å². The molecule has 1 fully saturated rings. The highest BCUT2D eigenvalue weighted by atomic mass is 35.5. The zero-order valence-corrected chi connectivity index (χ0v) is 16.2. The minimum Gasteiger partial charge on any atom is -0.350 e. The Balaban J connectivity index is 0.00000261. The zero-order valence-electron chi connectivity index (χ0n) is 14.7. The molecule has 8 nitrogen and oxygen atoms in total. The molecule has 1 aromatic heterocycles. The van der Waals surface area contributed by atoms with Crippen molar-refractivity contribution in [3.8, 4) is 0 Å². The first-order chi connectivity index (χ1) is 12.6. The quantitative estimate of drug-likeness (QED) is 0.623. The predicted molar refractivity (Wildman–Crippen MR) is 105 cm³/mol. The van der Waals surface area contributed by atoms with Crippen molar-refractivity contribution in [3.05, 3.63) is 46.7 Å². The number of nitrogens with one attached hydrogen (secondary N) is 3. The average molecular weight is 413 g/mol. The molecule has 1 saturated heterocycles. The molecule has 0 radical (unpaired) electrons. The molecule has 146 valence electrons. The molecule has 0 aliphatic carbocycles. The lowest BCUT2D eigenvalue weighted by molar-refractivity contribution is 0.0925. The standard InChI is InChI=1S/C17H21ClN6O2.ClH/c18-14-4-2-1-3-13(14)16(25)20-9-10-21-17(26)15-11-24(23-22-15)12-5-7-19-8-6-12;/h1-4,11-12,19H,5-10H2,(H,20,25)(H,21,26);1H. The molecular weight excluding hydrogens is 391 g/mol. The largest absolute Gasteiger partial charge is 0.350 e. The lowest BCUT2D eigenvalue weighted by Crippen LogP contribution is -2.35. The van der Waals surface area contributed by atoms with Gasteiger partial charge in [-0.3, -0.25) is 9.59 Å². The number of carbonyl (C=O) groups excluding carboxylic acids is 2. The topological polar surface area (TPSA) is 101 Å². The van der Waals surface area contributed by atoms with Crippen LogP contribution in [0.25, 0.3) is 0 Å². The molecule has 0 unspecified atom stereocenters. The van der Waals surface area contributed by atoms with Gasteiger partial charge in [-0.2, -0.15) is 0 Å². The minimum absolute atomic E-state index is 0. The van der Waals surface area contributed by atoms with Crippen molar-refractivity contribution in [2.75, 3.05) is 26.2 Å². The van der Waals surface area contributed by atoms with Crippen molar-refractivity contribution < 1.29 is 9.59 Å². The molecule has 2 aromatic rings. The zero-order chi connectivity index (χ0) is 18.4. The molecule has 0 spiro atoms. The number of rotatable bonds is 6. The Hall–Kier alpha value is -2.16. The van der Waals surface area contributed by atoms with Gasteiger partial charge in [-0.1, -0.05) is 28.9 Å². The van der Waals surface area contributed by atoms with Gasteiger partial charge in [0.15, 0.2) is 5.69 Å². The highest BCUT2D eigenvalue weighted by Gasteiger charge is 2.18. The Morgan fingerprint density at radius 2 is 1.81 bits per heavy atom. The summed E-state index contributed by atoms with van der Waals surface area (Å²) in [6.45, 7) is 2.46. The molecule has 0 bridgehead atoms. The first-order valence-electron chi connectivity index (χ1n) is 8.58. The Labute approximate surface area is 168 Å². The summed E-state index contributed by atoms with van der Waals surface area (Å²) in [6.07, 6.45) is 3.62. The van der Waals surface area contributed by atoms with Crippen LogP contribution in [0, 0.1) is 0 Å². The number of hydrogen-bond acceptors (Lipinski definition) is 5. The predicted octanol–water partition coefficient (Wildman–Crippen LogP) is 1.44. The molecule has 27 heavy (non-hydrogen) atoms. The summed E-state index contributed by atoms with van der Waals surface area (Å²) in [7, 11) is 0. The van der Waals surface area contributed by atoms with E-state index in [0.717, 1.165) is 25.9 Å². The van der Waals surface area contributed by atoms with Gasteiger partial charge in [0.2, 0.25) is 0 Å². The SMILES string of the molecule is Cl.O=C(NCCNC(=O)c1ccccc1Cl)c1cn(C2CCNCC2)nn1. The molecule has 2 amide bonds. The second kappa shape index (κ2) is 10.2. The summed E-state index contributed by atoms with van der Waals surface area (Å²) in [5, 5.41) is 17.1. The number of aromatic nitrogens is 3. The first kappa shape index (κ1) is 21.1. The molecule has 0 atom stereocenters. The summed E-state index contributed by atoms with van der Waals surface area (Å²) in [5.41, 5.74) is 0.686. The number of nitrogens with zero attached hydrogens (tertiary/aromatic N) is 3. The van der Waals surface area contributed by atoms with E-state index in [2.05, 4.69) is 26.3 Å². The molecule has 10 heteroatoms. The van der Waals surface area contributed by atoms with Crippen molar-refractivity contribution in [1.29, 1.82) is 0 Å². The van der Waals surface area contributed by atoms with Crippen molar-refractivity contribution >= 4 is 35.8 Å². The van der Waals surface area contributed by atoms with Crippen LogP contribution in [0.5, 0.6) is 0 Å². The summed E-state index contributed by atoms with van der Waals surface area (Å²) in [6, 6.07) is 7.09. The van der Waals surface area contributed by atoms with Gasteiger partial charge in [-0.05, 0) is 38.1 Å². The highest BCUT2D eigenvalue weighted by Crippen LogP contribution is 2.17. The lowest BCUT2D eigenvalue weighted by atomic mass is 10.1. The fraction of sp³-hybridized carbons (Fsp3) is 0.412. The Kier molecular flexibility index (Phi) is 8.02. The van der Waals surface area contributed by atoms with Crippen molar-refractivity contribution in [2.45, 2.75) is 18.9 Å². The van der Waals surface area contributed by atoms with Crippen molar-refractivity contribution in [2.24, 2.45) is 0 Å². The summed E-state index contributed by atoms with van der Waals surface area (Å²) in [5.74, 6) is -0.584. The van der Waals surface area contributed by atoms with E-state index in [9.17, 15) is 9.59 Å². The van der Waals surface area contributed by atoms with Crippen LogP contribution in [0.2, 0.25) is 5.02 Å². The van der Waals surface area contributed by atoms with Gasteiger partial charge in [0, 0.05) is 13.1 Å². The van der Waals surface area contributed by atoms with Crippen LogP contribution in [0.3, 0.4) is 0 Å². The highest BCUT2D eigenvalue weighted by molar-refractivity contribution is 6.33. The smallest absolute Gasteiger partial charge is 0.273 e. The van der Waals surface area contributed by atoms with E-state index in [1.807, 2.05) is 0 Å². The van der Waals surface area contributed by atoms with E-state index >= 15 is 0 Å². The second-order valence-electron chi connectivity index (χ2n) is 6.06. The van der Waals surface area contributed by atoms with Crippen LogP contribution in [0.1, 0.15) is 39.7 Å². The molecule has 3 N–H and O–H groups in total. The average Bonchev–Trinajstić information content (AvgIpc) is 3.16. The van der Waals surface area contributed by atoms with Crippen molar-refractivity contribution in [3.63, 3.8) is 0 Å². The van der Waals surface area contributed by atoms with E-state index in [0.29, 0.717) is 10.6 Å². The number of hydrogen-bond donors (Lipinski definition) is 3. The van der Waals surface area contributed by atoms with Gasteiger partial charge in [0.05, 0.1) is 22.8 Å². The number of amides is 2. The molecule has 3 rings (SSSR count). The van der Waals surface area contributed by atoms with E-state index in [1.54, 1.807) is 35.1 Å². The maximum atomic E-state index is 12.1. The van der Waals surface area contributed by atoms with Crippen molar-refractivity contribution in [1.82, 2.24) is 30.9 Å². The Bertz CT molecular complexity index is 776. The molecule has 0 saturated carbocycles. The van der Waals surface area contributed by atoms with E-state index < -0.39 is 0 Å². The fourth-order valence-corrected chi connectivity index (χ4v) is 3.04. The number of carbonyl (C=O) groups is 2. The fourth-order valence-electron chi connectivity index (χ4n) is 2.81.